The molecule has 9 heteroatoms. The topological polar surface area (TPSA) is 74.3 Å². The van der Waals surface area contributed by atoms with Crippen molar-refractivity contribution in [3.8, 4) is 23.0 Å². The predicted octanol–water partition coefficient (Wildman–Crippen LogP) is 5.10. The molecule has 1 fully saturated rings. The quantitative estimate of drug-likeness (QED) is 0.554. The van der Waals surface area contributed by atoms with E-state index in [4.69, 9.17) is 30.5 Å². The molecule has 2 aromatic rings. The van der Waals surface area contributed by atoms with Gasteiger partial charge in [-0.2, -0.15) is 0 Å². The number of methoxy groups -OCH3 is 1. The molecular formula is C22H20ClNO6S. The molecule has 0 bridgehead atoms. The minimum absolute atomic E-state index is 0.000691. The minimum atomic E-state index is -0.384. The Bertz CT molecular complexity index is 1080. The summed E-state index contributed by atoms with van der Waals surface area (Å²) in [7, 11) is 1.55. The molecule has 162 valence electrons. The summed E-state index contributed by atoms with van der Waals surface area (Å²) in [5, 5.41) is 0.0365. The van der Waals surface area contributed by atoms with Gasteiger partial charge in [-0.05, 0) is 61.0 Å². The zero-order chi connectivity index (χ0) is 22.1. The van der Waals surface area contributed by atoms with Gasteiger partial charge in [0.1, 0.15) is 0 Å². The average molecular weight is 462 g/mol. The van der Waals surface area contributed by atoms with Gasteiger partial charge in [0.05, 0.1) is 24.7 Å². The molecule has 2 amide bonds. The molecule has 2 aliphatic rings. The molecule has 0 radical (unpaired) electrons. The fraction of sp³-hybridized carbons (Fsp3) is 0.273. The van der Waals surface area contributed by atoms with Gasteiger partial charge in [0, 0.05) is 11.1 Å². The summed E-state index contributed by atoms with van der Waals surface area (Å²) in [6.07, 6.45) is 1.66. The van der Waals surface area contributed by atoms with E-state index in [-0.39, 0.29) is 30.6 Å². The van der Waals surface area contributed by atoms with Gasteiger partial charge in [-0.3, -0.25) is 14.5 Å². The second kappa shape index (κ2) is 8.72. The van der Waals surface area contributed by atoms with Crippen LogP contribution in [0.15, 0.2) is 35.2 Å². The van der Waals surface area contributed by atoms with Crippen molar-refractivity contribution in [2.75, 3.05) is 13.9 Å². The van der Waals surface area contributed by atoms with Crippen molar-refractivity contribution in [2.45, 2.75) is 26.5 Å². The molecule has 0 atom stereocenters. The van der Waals surface area contributed by atoms with Crippen LogP contribution in [-0.2, 0) is 11.3 Å². The first-order valence-electron chi connectivity index (χ1n) is 9.54. The van der Waals surface area contributed by atoms with Gasteiger partial charge in [0.2, 0.25) is 6.79 Å². The molecule has 2 aliphatic heterocycles. The number of hydrogen-bond acceptors (Lipinski definition) is 7. The maximum absolute atomic E-state index is 12.9. The van der Waals surface area contributed by atoms with Crippen LogP contribution in [0.2, 0.25) is 5.02 Å². The van der Waals surface area contributed by atoms with E-state index in [1.165, 1.54) is 0 Å². The molecule has 0 aromatic heterocycles. The number of carbonyl (C=O) groups excluding carboxylic acids is 2. The number of fused-ring (bicyclic) bond motifs is 1. The third-order valence-corrected chi connectivity index (χ3v) is 5.85. The van der Waals surface area contributed by atoms with Crippen molar-refractivity contribution in [1.82, 2.24) is 4.90 Å². The van der Waals surface area contributed by atoms with E-state index in [1.54, 1.807) is 37.5 Å². The third kappa shape index (κ3) is 4.45. The number of benzene rings is 2. The smallest absolute Gasteiger partial charge is 0.293 e. The van der Waals surface area contributed by atoms with Crippen molar-refractivity contribution >= 4 is 40.6 Å². The van der Waals surface area contributed by atoms with Gasteiger partial charge < -0.3 is 18.9 Å². The number of halogens is 1. The molecule has 0 unspecified atom stereocenters. The van der Waals surface area contributed by atoms with Crippen LogP contribution in [0.3, 0.4) is 0 Å². The van der Waals surface area contributed by atoms with Crippen LogP contribution in [0.25, 0.3) is 6.08 Å². The summed E-state index contributed by atoms with van der Waals surface area (Å²) in [4.78, 5) is 26.9. The van der Waals surface area contributed by atoms with E-state index in [0.29, 0.717) is 38.5 Å². The SMILES string of the molecule is COc1cc(/C=C2\SC(=O)N(Cc3cc4c(cc3Cl)OCO4)C2=O)ccc1OC(C)C. The molecule has 2 aromatic carbocycles. The Morgan fingerprint density at radius 1 is 1.16 bits per heavy atom. The lowest BCUT2D eigenvalue weighted by molar-refractivity contribution is -0.123. The van der Waals surface area contributed by atoms with E-state index < -0.39 is 0 Å². The molecular weight excluding hydrogens is 442 g/mol. The number of amides is 2. The first-order valence-corrected chi connectivity index (χ1v) is 10.7. The molecule has 7 nitrogen and oxygen atoms in total. The van der Waals surface area contributed by atoms with Gasteiger partial charge in [0.25, 0.3) is 11.1 Å². The minimum Gasteiger partial charge on any atom is -0.493 e. The lowest BCUT2D eigenvalue weighted by atomic mass is 10.1. The first kappa shape index (κ1) is 21.4. The number of carbonyl (C=O) groups is 2. The summed E-state index contributed by atoms with van der Waals surface area (Å²) in [6, 6.07) is 8.67. The summed E-state index contributed by atoms with van der Waals surface area (Å²) < 4.78 is 21.8. The number of thioether (sulfide) groups is 1. The van der Waals surface area contributed by atoms with Crippen LogP contribution in [0.4, 0.5) is 4.79 Å². The van der Waals surface area contributed by atoms with Gasteiger partial charge in [-0.15, -0.1) is 0 Å². The Morgan fingerprint density at radius 2 is 1.90 bits per heavy atom. The van der Waals surface area contributed by atoms with Crippen LogP contribution in [0.1, 0.15) is 25.0 Å². The number of ether oxygens (including phenoxy) is 4. The maximum Gasteiger partial charge on any atom is 0.293 e. The standard InChI is InChI=1S/C22H20ClNO6S/c1-12(2)30-16-5-4-13(6-17(16)27-3)7-20-21(25)24(22(26)31-20)10-14-8-18-19(9-15(14)23)29-11-28-18/h4-9,12H,10-11H2,1-3H3/b20-7-. The molecule has 0 spiro atoms. The highest BCUT2D eigenvalue weighted by atomic mass is 35.5. The van der Waals surface area contributed by atoms with Crippen LogP contribution in [-0.4, -0.2) is 36.1 Å². The Morgan fingerprint density at radius 3 is 2.61 bits per heavy atom. The van der Waals surface area contributed by atoms with Gasteiger partial charge >= 0.3 is 0 Å². The van der Waals surface area contributed by atoms with E-state index in [9.17, 15) is 9.59 Å². The fourth-order valence-corrected chi connectivity index (χ4v) is 4.22. The number of nitrogens with zero attached hydrogens (tertiary/aromatic N) is 1. The van der Waals surface area contributed by atoms with Gasteiger partial charge in [0.15, 0.2) is 23.0 Å². The zero-order valence-electron chi connectivity index (χ0n) is 17.1. The molecule has 0 saturated carbocycles. The maximum atomic E-state index is 12.9. The zero-order valence-corrected chi connectivity index (χ0v) is 18.7. The van der Waals surface area contributed by atoms with Crippen molar-refractivity contribution in [1.29, 1.82) is 0 Å². The Kier molecular flexibility index (Phi) is 6.02. The van der Waals surface area contributed by atoms with Crippen molar-refractivity contribution in [3.05, 3.63) is 51.4 Å². The number of imide groups is 1. The lowest BCUT2D eigenvalue weighted by Gasteiger charge is -2.14. The van der Waals surface area contributed by atoms with Crippen molar-refractivity contribution < 1.29 is 28.5 Å². The monoisotopic (exact) mass is 461 g/mol. The van der Waals surface area contributed by atoms with E-state index in [1.807, 2.05) is 19.9 Å². The van der Waals surface area contributed by atoms with Crippen LogP contribution in [0.5, 0.6) is 23.0 Å². The summed E-state index contributed by atoms with van der Waals surface area (Å²) in [6.45, 7) is 4.01. The first-order chi connectivity index (χ1) is 14.9. The van der Waals surface area contributed by atoms with Crippen LogP contribution < -0.4 is 18.9 Å². The van der Waals surface area contributed by atoms with Crippen molar-refractivity contribution in [2.24, 2.45) is 0 Å². The fourth-order valence-electron chi connectivity index (χ4n) is 3.16. The second-order valence-corrected chi connectivity index (χ2v) is 8.54. The number of hydrogen-bond donors (Lipinski definition) is 0. The molecule has 0 aliphatic carbocycles. The highest BCUT2D eigenvalue weighted by Crippen LogP contribution is 2.40. The molecule has 1 saturated heterocycles. The van der Waals surface area contributed by atoms with E-state index >= 15 is 0 Å². The summed E-state index contributed by atoms with van der Waals surface area (Å²) in [5.41, 5.74) is 1.32. The highest BCUT2D eigenvalue weighted by Gasteiger charge is 2.35. The lowest BCUT2D eigenvalue weighted by Crippen LogP contribution is -2.27. The number of rotatable bonds is 6. The Labute approximate surface area is 188 Å². The second-order valence-electron chi connectivity index (χ2n) is 7.14. The van der Waals surface area contributed by atoms with Crippen LogP contribution in [0, 0.1) is 0 Å². The normalized spacial score (nSPS) is 16.5. The van der Waals surface area contributed by atoms with Crippen LogP contribution >= 0.6 is 23.4 Å². The van der Waals surface area contributed by atoms with Gasteiger partial charge in [-0.25, -0.2) is 0 Å². The average Bonchev–Trinajstić information content (AvgIpc) is 3.28. The molecule has 31 heavy (non-hydrogen) atoms. The highest BCUT2D eigenvalue weighted by molar-refractivity contribution is 8.18. The molecule has 4 rings (SSSR count). The summed E-state index contributed by atoms with van der Waals surface area (Å²) in [5.74, 6) is 1.86. The summed E-state index contributed by atoms with van der Waals surface area (Å²) >= 11 is 7.18. The molecule has 2 heterocycles. The van der Waals surface area contributed by atoms with E-state index in [0.717, 1.165) is 22.2 Å². The Hall–Kier alpha value is -2.84. The predicted molar refractivity (Wildman–Crippen MR) is 118 cm³/mol. The Balaban J connectivity index is 1.55. The van der Waals surface area contributed by atoms with Crippen molar-refractivity contribution in [3.63, 3.8) is 0 Å². The third-order valence-electron chi connectivity index (χ3n) is 4.59. The largest absolute Gasteiger partial charge is 0.493 e. The van der Waals surface area contributed by atoms with E-state index in [2.05, 4.69) is 0 Å². The molecule has 0 N–H and O–H groups in total. The van der Waals surface area contributed by atoms with Gasteiger partial charge in [-0.1, -0.05) is 17.7 Å².